The summed E-state index contributed by atoms with van der Waals surface area (Å²) in [4.78, 5) is 30.9. The van der Waals surface area contributed by atoms with Gasteiger partial charge >= 0.3 is 0 Å². The van der Waals surface area contributed by atoms with Crippen LogP contribution in [0.4, 0.5) is 10.1 Å². The second-order valence-electron chi connectivity index (χ2n) is 7.09. The molecule has 0 radical (unpaired) electrons. The Kier molecular flexibility index (Phi) is 7.23. The van der Waals surface area contributed by atoms with Gasteiger partial charge in [0, 0.05) is 39.3 Å². The molecule has 28 heavy (non-hydrogen) atoms. The molecule has 7 nitrogen and oxygen atoms in total. The van der Waals surface area contributed by atoms with Crippen LogP contribution in [0.5, 0.6) is 0 Å². The Morgan fingerprint density at radius 3 is 2.50 bits per heavy atom. The summed E-state index contributed by atoms with van der Waals surface area (Å²) in [5.41, 5.74) is 0.398. The molecule has 154 valence electrons. The third-order valence-electron chi connectivity index (χ3n) is 5.25. The van der Waals surface area contributed by atoms with Gasteiger partial charge in [0.15, 0.2) is 0 Å². The van der Waals surface area contributed by atoms with Gasteiger partial charge in [-0.3, -0.25) is 19.4 Å². The van der Waals surface area contributed by atoms with E-state index >= 15 is 0 Å². The number of halogens is 2. The minimum absolute atomic E-state index is 0.133. The summed E-state index contributed by atoms with van der Waals surface area (Å²) < 4.78 is 18.4. The topological polar surface area (TPSA) is 65.1 Å². The Labute approximate surface area is 169 Å². The first-order chi connectivity index (χ1) is 13.4. The maximum Gasteiger partial charge on any atom is 0.241 e. The molecule has 0 unspecified atom stereocenters. The first-order valence-corrected chi connectivity index (χ1v) is 9.89. The number of anilines is 1. The zero-order chi connectivity index (χ0) is 20.1. The monoisotopic (exact) mass is 412 g/mol. The largest absolute Gasteiger partial charge is 0.378 e. The van der Waals surface area contributed by atoms with Gasteiger partial charge < -0.3 is 15.0 Å². The molecule has 1 atom stereocenters. The van der Waals surface area contributed by atoms with Crippen LogP contribution in [-0.4, -0.2) is 91.6 Å². The first-order valence-electron chi connectivity index (χ1n) is 9.52. The number of hydrogen-bond acceptors (Lipinski definition) is 5. The highest BCUT2D eigenvalue weighted by atomic mass is 35.5. The lowest BCUT2D eigenvalue weighted by Crippen LogP contribution is -2.55. The molecule has 0 saturated carbocycles. The molecule has 2 amide bonds. The predicted molar refractivity (Wildman–Crippen MR) is 105 cm³/mol. The van der Waals surface area contributed by atoms with E-state index in [-0.39, 0.29) is 22.9 Å². The number of carbonyl (C=O) groups is 2. The smallest absolute Gasteiger partial charge is 0.241 e. The number of amides is 2. The van der Waals surface area contributed by atoms with Crippen molar-refractivity contribution in [2.75, 3.05) is 64.3 Å². The third-order valence-corrected chi connectivity index (χ3v) is 5.56. The highest BCUT2D eigenvalue weighted by molar-refractivity contribution is 6.33. The summed E-state index contributed by atoms with van der Waals surface area (Å²) in [5.74, 6) is -0.501. The summed E-state index contributed by atoms with van der Waals surface area (Å²) in [6.45, 7) is 7.60. The van der Waals surface area contributed by atoms with Gasteiger partial charge in [-0.15, -0.1) is 0 Å². The Bertz CT molecular complexity index is 706. The molecular formula is C19H26ClFN4O3. The van der Waals surface area contributed by atoms with Gasteiger partial charge in [-0.25, -0.2) is 4.39 Å². The average Bonchev–Trinajstić information content (AvgIpc) is 2.70. The van der Waals surface area contributed by atoms with E-state index in [0.29, 0.717) is 51.6 Å². The second kappa shape index (κ2) is 9.65. The van der Waals surface area contributed by atoms with E-state index in [1.807, 2.05) is 11.8 Å². The second-order valence-corrected chi connectivity index (χ2v) is 7.50. The van der Waals surface area contributed by atoms with Crippen LogP contribution in [0.2, 0.25) is 5.02 Å². The fraction of sp³-hybridized carbons (Fsp3) is 0.579. The fourth-order valence-corrected chi connectivity index (χ4v) is 3.62. The molecule has 0 bridgehead atoms. The van der Waals surface area contributed by atoms with Crippen molar-refractivity contribution >= 4 is 29.1 Å². The Balaban J connectivity index is 1.45. The molecule has 0 spiro atoms. The van der Waals surface area contributed by atoms with Gasteiger partial charge in [0.05, 0.1) is 36.5 Å². The molecule has 2 saturated heterocycles. The van der Waals surface area contributed by atoms with Crippen LogP contribution in [0.1, 0.15) is 6.92 Å². The highest BCUT2D eigenvalue weighted by Gasteiger charge is 2.28. The van der Waals surface area contributed by atoms with E-state index in [1.54, 1.807) is 0 Å². The van der Waals surface area contributed by atoms with Gasteiger partial charge in [-0.05, 0) is 25.1 Å². The molecule has 0 aliphatic carbocycles. The molecule has 2 fully saturated rings. The molecule has 2 aliphatic heterocycles. The van der Waals surface area contributed by atoms with Crippen molar-refractivity contribution in [3.05, 3.63) is 29.0 Å². The summed E-state index contributed by atoms with van der Waals surface area (Å²) in [6, 6.07) is 3.54. The molecule has 0 aromatic heterocycles. The third kappa shape index (κ3) is 5.41. The SMILES string of the molecule is C[C@@H](C(=O)Nc1ccc(F)cc1Cl)N1CCN(CC(=O)N2CCOCC2)CC1. The quantitative estimate of drug-likeness (QED) is 0.789. The molecule has 3 rings (SSSR count). The zero-order valence-electron chi connectivity index (χ0n) is 16.0. The fourth-order valence-electron chi connectivity index (χ4n) is 3.41. The van der Waals surface area contributed by atoms with Gasteiger partial charge in [0.1, 0.15) is 5.82 Å². The van der Waals surface area contributed by atoms with Crippen LogP contribution >= 0.6 is 11.6 Å². The normalized spacial score (nSPS) is 20.0. The number of ether oxygens (including phenoxy) is 1. The number of nitrogens with one attached hydrogen (secondary N) is 1. The van der Waals surface area contributed by atoms with Crippen molar-refractivity contribution < 1.29 is 18.7 Å². The zero-order valence-corrected chi connectivity index (χ0v) is 16.8. The van der Waals surface area contributed by atoms with Crippen LogP contribution in [0, 0.1) is 5.82 Å². The van der Waals surface area contributed by atoms with E-state index in [4.69, 9.17) is 16.3 Å². The average molecular weight is 413 g/mol. The number of nitrogens with zero attached hydrogens (tertiary/aromatic N) is 3. The first kappa shape index (κ1) is 21.0. The van der Waals surface area contributed by atoms with Crippen LogP contribution in [-0.2, 0) is 14.3 Å². The summed E-state index contributed by atoms with van der Waals surface area (Å²) in [6.07, 6.45) is 0. The van der Waals surface area contributed by atoms with Crippen molar-refractivity contribution in [2.24, 2.45) is 0 Å². The highest BCUT2D eigenvalue weighted by Crippen LogP contribution is 2.23. The number of hydrogen-bond donors (Lipinski definition) is 1. The number of carbonyl (C=O) groups excluding carboxylic acids is 2. The Morgan fingerprint density at radius 2 is 1.86 bits per heavy atom. The van der Waals surface area contributed by atoms with Crippen molar-refractivity contribution in [1.29, 1.82) is 0 Å². The van der Waals surface area contributed by atoms with E-state index in [9.17, 15) is 14.0 Å². The van der Waals surface area contributed by atoms with Crippen LogP contribution in [0.3, 0.4) is 0 Å². The minimum Gasteiger partial charge on any atom is -0.378 e. The van der Waals surface area contributed by atoms with E-state index in [1.165, 1.54) is 18.2 Å². The number of piperazine rings is 1. The standard InChI is InChI=1S/C19H26ClFN4O3/c1-14(19(27)22-17-3-2-15(21)12-16(17)20)24-6-4-23(5-7-24)13-18(26)25-8-10-28-11-9-25/h2-3,12,14H,4-11,13H2,1H3,(H,22,27)/t14-/m0/s1. The predicted octanol–water partition coefficient (Wildman–Crippen LogP) is 1.28. The Hall–Kier alpha value is -1.74. The minimum atomic E-state index is -0.446. The van der Waals surface area contributed by atoms with Crippen molar-refractivity contribution in [2.45, 2.75) is 13.0 Å². The molecule has 2 heterocycles. The number of rotatable bonds is 5. The molecular weight excluding hydrogens is 387 g/mol. The molecule has 1 aromatic rings. The Morgan fingerprint density at radius 1 is 1.18 bits per heavy atom. The van der Waals surface area contributed by atoms with Crippen molar-refractivity contribution in [3.8, 4) is 0 Å². The maximum atomic E-state index is 13.1. The van der Waals surface area contributed by atoms with Gasteiger partial charge in [0.25, 0.3) is 0 Å². The summed E-state index contributed by atoms with van der Waals surface area (Å²) in [7, 11) is 0. The molecule has 1 N–H and O–H groups in total. The molecule has 2 aliphatic rings. The van der Waals surface area contributed by atoms with Gasteiger partial charge in [0.2, 0.25) is 11.8 Å². The molecule has 1 aromatic carbocycles. The molecule has 9 heteroatoms. The van der Waals surface area contributed by atoms with Crippen molar-refractivity contribution in [3.63, 3.8) is 0 Å². The van der Waals surface area contributed by atoms with Crippen LogP contribution in [0.15, 0.2) is 18.2 Å². The van der Waals surface area contributed by atoms with Crippen molar-refractivity contribution in [1.82, 2.24) is 14.7 Å². The van der Waals surface area contributed by atoms with Crippen LogP contribution < -0.4 is 5.32 Å². The lowest BCUT2D eigenvalue weighted by atomic mass is 10.2. The summed E-state index contributed by atoms with van der Waals surface area (Å²) >= 11 is 5.98. The van der Waals surface area contributed by atoms with Crippen LogP contribution in [0.25, 0.3) is 0 Å². The van der Waals surface area contributed by atoms with E-state index < -0.39 is 5.82 Å². The number of morpholine rings is 1. The number of benzene rings is 1. The van der Waals surface area contributed by atoms with Gasteiger partial charge in [-0.2, -0.15) is 0 Å². The van der Waals surface area contributed by atoms with E-state index in [0.717, 1.165) is 13.1 Å². The lowest BCUT2D eigenvalue weighted by molar-refractivity contribution is -0.137. The lowest BCUT2D eigenvalue weighted by Gasteiger charge is -2.38. The summed E-state index contributed by atoms with van der Waals surface area (Å²) in [5, 5.41) is 2.93. The van der Waals surface area contributed by atoms with E-state index in [2.05, 4.69) is 15.1 Å². The maximum absolute atomic E-state index is 13.1. The van der Waals surface area contributed by atoms with Gasteiger partial charge in [-0.1, -0.05) is 11.6 Å².